The van der Waals surface area contributed by atoms with E-state index in [1.54, 1.807) is 6.07 Å². The van der Waals surface area contributed by atoms with Gasteiger partial charge in [-0.1, -0.05) is 18.2 Å². The van der Waals surface area contributed by atoms with Crippen LogP contribution in [0.25, 0.3) is 0 Å². The Hall–Kier alpha value is -2.34. The van der Waals surface area contributed by atoms with Crippen LogP contribution >= 0.6 is 11.8 Å². The number of benzene rings is 2. The molecule has 100 valence electrons. The maximum atomic E-state index is 11.4. The van der Waals surface area contributed by atoms with E-state index in [1.165, 1.54) is 11.8 Å². The van der Waals surface area contributed by atoms with Crippen LogP contribution in [0.4, 0.5) is 22.7 Å². The maximum absolute atomic E-state index is 11.4. The van der Waals surface area contributed by atoms with Crippen LogP contribution in [0.3, 0.4) is 0 Å². The highest BCUT2D eigenvalue weighted by Gasteiger charge is 2.17. The van der Waals surface area contributed by atoms with Gasteiger partial charge in [-0.15, -0.1) is 16.9 Å². The molecule has 0 bridgehead atoms. The summed E-state index contributed by atoms with van der Waals surface area (Å²) in [5.74, 6) is 0.398. The second-order valence-electron chi connectivity index (χ2n) is 4.28. The van der Waals surface area contributed by atoms with Gasteiger partial charge in [0.15, 0.2) is 0 Å². The van der Waals surface area contributed by atoms with Crippen LogP contribution in [0.1, 0.15) is 0 Å². The zero-order chi connectivity index (χ0) is 13.9. The van der Waals surface area contributed by atoms with E-state index in [9.17, 15) is 4.79 Å². The highest BCUT2D eigenvalue weighted by atomic mass is 32.2. The molecule has 1 heterocycles. The lowest BCUT2D eigenvalue weighted by Gasteiger charge is -2.17. The van der Waals surface area contributed by atoms with E-state index in [2.05, 4.69) is 15.5 Å². The number of nitrogens with two attached hydrogens (primary N) is 1. The molecule has 0 saturated heterocycles. The molecule has 0 aromatic heterocycles. The highest BCUT2D eigenvalue weighted by Crippen LogP contribution is 2.38. The first-order valence-corrected chi connectivity index (χ1v) is 7.04. The van der Waals surface area contributed by atoms with Gasteiger partial charge in [0.2, 0.25) is 5.91 Å². The van der Waals surface area contributed by atoms with E-state index >= 15 is 0 Å². The third kappa shape index (κ3) is 2.65. The average Bonchev–Trinajstić information content (AvgIpc) is 2.46. The maximum Gasteiger partial charge on any atom is 0.234 e. The molecule has 1 aliphatic rings. The number of amides is 1. The summed E-state index contributed by atoms with van der Waals surface area (Å²) in [6.45, 7) is 0. The second-order valence-corrected chi connectivity index (χ2v) is 5.30. The predicted octanol–water partition coefficient (Wildman–Crippen LogP) is 3.73. The van der Waals surface area contributed by atoms with Gasteiger partial charge in [0.25, 0.3) is 0 Å². The number of nitrogens with zero attached hydrogens (tertiary/aromatic N) is 2. The van der Waals surface area contributed by atoms with Gasteiger partial charge in [-0.25, -0.2) is 0 Å². The Morgan fingerprint density at radius 3 is 2.75 bits per heavy atom. The van der Waals surface area contributed by atoms with Crippen LogP contribution in [0.5, 0.6) is 0 Å². The van der Waals surface area contributed by atoms with Crippen LogP contribution in [-0.4, -0.2) is 11.7 Å². The van der Waals surface area contributed by atoms with Gasteiger partial charge in [0.05, 0.1) is 22.8 Å². The fourth-order valence-electron chi connectivity index (χ4n) is 1.82. The molecule has 0 radical (unpaired) electrons. The molecule has 3 N–H and O–H groups in total. The Morgan fingerprint density at radius 2 is 1.95 bits per heavy atom. The van der Waals surface area contributed by atoms with E-state index in [0.29, 0.717) is 17.1 Å². The lowest BCUT2D eigenvalue weighted by molar-refractivity contribution is -0.113. The van der Waals surface area contributed by atoms with E-state index in [0.717, 1.165) is 16.3 Å². The minimum absolute atomic E-state index is 0.0155. The smallest absolute Gasteiger partial charge is 0.234 e. The van der Waals surface area contributed by atoms with Gasteiger partial charge in [0, 0.05) is 4.90 Å². The van der Waals surface area contributed by atoms with Crippen LogP contribution < -0.4 is 11.1 Å². The second kappa shape index (κ2) is 5.34. The van der Waals surface area contributed by atoms with Crippen molar-refractivity contribution in [1.29, 1.82) is 0 Å². The molecule has 20 heavy (non-hydrogen) atoms. The summed E-state index contributed by atoms with van der Waals surface area (Å²) in [6.07, 6.45) is 0. The molecule has 3 rings (SSSR count). The van der Waals surface area contributed by atoms with Crippen molar-refractivity contribution in [2.75, 3.05) is 16.8 Å². The quantitative estimate of drug-likeness (QED) is 0.651. The molecule has 1 aliphatic heterocycles. The molecule has 5 nitrogen and oxygen atoms in total. The zero-order valence-corrected chi connectivity index (χ0v) is 11.4. The van der Waals surface area contributed by atoms with Crippen molar-refractivity contribution < 1.29 is 4.79 Å². The summed E-state index contributed by atoms with van der Waals surface area (Å²) in [5.41, 5.74) is 8.55. The Bertz CT molecular complexity index is 685. The minimum Gasteiger partial charge on any atom is -0.397 e. The van der Waals surface area contributed by atoms with Crippen molar-refractivity contribution in [3.63, 3.8) is 0 Å². The molecule has 2 aromatic carbocycles. The van der Waals surface area contributed by atoms with Gasteiger partial charge >= 0.3 is 0 Å². The summed E-state index contributed by atoms with van der Waals surface area (Å²) < 4.78 is 0. The van der Waals surface area contributed by atoms with Crippen LogP contribution in [-0.2, 0) is 4.79 Å². The Labute approximate surface area is 120 Å². The van der Waals surface area contributed by atoms with E-state index in [1.807, 2.05) is 36.4 Å². The van der Waals surface area contributed by atoms with Gasteiger partial charge in [0.1, 0.15) is 5.69 Å². The number of rotatable bonds is 2. The van der Waals surface area contributed by atoms with Crippen molar-refractivity contribution >= 4 is 40.4 Å². The lowest BCUT2D eigenvalue weighted by Crippen LogP contribution is -2.18. The number of nitrogen functional groups attached to an aromatic ring is 1. The van der Waals surface area contributed by atoms with Gasteiger partial charge in [-0.05, 0) is 24.3 Å². The first kappa shape index (κ1) is 12.7. The van der Waals surface area contributed by atoms with Crippen molar-refractivity contribution in [2.24, 2.45) is 10.2 Å². The summed E-state index contributed by atoms with van der Waals surface area (Å²) in [6, 6.07) is 13.0. The third-order valence-electron chi connectivity index (χ3n) is 2.79. The van der Waals surface area contributed by atoms with Crippen molar-refractivity contribution in [1.82, 2.24) is 0 Å². The van der Waals surface area contributed by atoms with Crippen molar-refractivity contribution in [3.8, 4) is 0 Å². The number of carbonyl (C=O) groups excluding carboxylic acids is 1. The number of azo groups is 1. The molecule has 0 unspecified atom stereocenters. The SMILES string of the molecule is Nc1cc2c(cc1N=Nc1ccccc1)NC(=O)CS2. The van der Waals surface area contributed by atoms with E-state index in [-0.39, 0.29) is 5.91 Å². The average molecular weight is 284 g/mol. The number of carbonyl (C=O) groups is 1. The minimum atomic E-state index is -0.0155. The topological polar surface area (TPSA) is 79.8 Å². The lowest BCUT2D eigenvalue weighted by atomic mass is 10.2. The van der Waals surface area contributed by atoms with Crippen LogP contribution in [0, 0.1) is 0 Å². The molecule has 2 aromatic rings. The van der Waals surface area contributed by atoms with Crippen LogP contribution in [0.15, 0.2) is 57.6 Å². The summed E-state index contributed by atoms with van der Waals surface area (Å²) in [4.78, 5) is 12.3. The number of thioether (sulfide) groups is 1. The predicted molar refractivity (Wildman–Crippen MR) is 80.8 cm³/mol. The monoisotopic (exact) mass is 284 g/mol. The summed E-state index contributed by atoms with van der Waals surface area (Å²) in [7, 11) is 0. The number of hydrogen-bond donors (Lipinski definition) is 2. The molecule has 0 saturated carbocycles. The van der Waals surface area contributed by atoms with Gasteiger partial charge in [-0.2, -0.15) is 5.11 Å². The fourth-order valence-corrected chi connectivity index (χ4v) is 2.66. The molecule has 6 heteroatoms. The first-order chi connectivity index (χ1) is 9.72. The Balaban J connectivity index is 1.92. The normalized spacial score (nSPS) is 14.1. The molecular weight excluding hydrogens is 272 g/mol. The van der Waals surface area contributed by atoms with Crippen molar-refractivity contribution in [2.45, 2.75) is 4.90 Å². The van der Waals surface area contributed by atoms with E-state index in [4.69, 9.17) is 5.73 Å². The van der Waals surface area contributed by atoms with Crippen LogP contribution in [0.2, 0.25) is 0 Å². The third-order valence-corrected chi connectivity index (χ3v) is 3.85. The first-order valence-electron chi connectivity index (χ1n) is 6.05. The molecule has 0 fully saturated rings. The highest BCUT2D eigenvalue weighted by molar-refractivity contribution is 8.00. The van der Waals surface area contributed by atoms with Gasteiger partial charge in [-0.3, -0.25) is 4.79 Å². The van der Waals surface area contributed by atoms with Gasteiger partial charge < -0.3 is 11.1 Å². The molecule has 1 amide bonds. The number of nitrogens with one attached hydrogen (secondary N) is 1. The summed E-state index contributed by atoms with van der Waals surface area (Å²) >= 11 is 1.47. The standard InChI is InChI=1S/C14H12N4OS/c15-10-6-13-12(16-14(19)8-20-13)7-11(10)18-17-9-4-2-1-3-5-9/h1-7H,8,15H2,(H,16,19). The Kier molecular flexibility index (Phi) is 3.39. The number of fused-ring (bicyclic) bond motifs is 1. The molecule has 0 spiro atoms. The fraction of sp³-hybridized carbons (Fsp3) is 0.0714. The zero-order valence-electron chi connectivity index (χ0n) is 10.5. The number of hydrogen-bond acceptors (Lipinski definition) is 5. The molecular formula is C14H12N4OS. The number of anilines is 2. The Morgan fingerprint density at radius 1 is 1.15 bits per heavy atom. The summed E-state index contributed by atoms with van der Waals surface area (Å²) in [5, 5.41) is 11.1. The van der Waals surface area contributed by atoms with E-state index < -0.39 is 0 Å². The van der Waals surface area contributed by atoms with Crippen molar-refractivity contribution in [3.05, 3.63) is 42.5 Å². The molecule has 0 atom stereocenters. The molecule has 0 aliphatic carbocycles. The largest absolute Gasteiger partial charge is 0.397 e.